The lowest BCUT2D eigenvalue weighted by molar-refractivity contribution is 0.0985. The quantitative estimate of drug-likeness (QED) is 0.800. The highest BCUT2D eigenvalue weighted by Crippen LogP contribution is 2.23. The maximum absolute atomic E-state index is 12.3. The van der Waals surface area contributed by atoms with Gasteiger partial charge in [-0.25, -0.2) is 0 Å². The van der Waals surface area contributed by atoms with Gasteiger partial charge < -0.3 is 0 Å². The summed E-state index contributed by atoms with van der Waals surface area (Å²) < 4.78 is 2.68. The predicted octanol–water partition coefficient (Wildman–Crippen LogP) is 3.45. The van der Waals surface area contributed by atoms with E-state index < -0.39 is 0 Å². The van der Waals surface area contributed by atoms with Crippen molar-refractivity contribution in [3.63, 3.8) is 0 Å². The number of hydrogen-bond donors (Lipinski definition) is 0. The molecule has 0 atom stereocenters. The van der Waals surface area contributed by atoms with Crippen LogP contribution in [0.25, 0.3) is 0 Å². The van der Waals surface area contributed by atoms with Crippen LogP contribution in [0.5, 0.6) is 0 Å². The highest BCUT2D eigenvalue weighted by atomic mass is 79.9. The third kappa shape index (κ3) is 2.87. The fourth-order valence-corrected chi connectivity index (χ4v) is 2.52. The van der Waals surface area contributed by atoms with Crippen LogP contribution in [-0.2, 0) is 13.0 Å². The Hall–Kier alpha value is -1.20. The van der Waals surface area contributed by atoms with Gasteiger partial charge in [0, 0.05) is 12.7 Å². The van der Waals surface area contributed by atoms with Gasteiger partial charge in [0.2, 0.25) is 0 Å². The van der Waals surface area contributed by atoms with Crippen molar-refractivity contribution in [2.24, 2.45) is 0 Å². The van der Waals surface area contributed by atoms with E-state index in [0.29, 0.717) is 17.3 Å². The van der Waals surface area contributed by atoms with Gasteiger partial charge in [0.15, 0.2) is 5.78 Å². The molecule has 0 unspecified atom stereocenters. The van der Waals surface area contributed by atoms with Crippen LogP contribution in [0.15, 0.2) is 22.8 Å². The Morgan fingerprint density at radius 1 is 1.53 bits per heavy atom. The van der Waals surface area contributed by atoms with E-state index in [0.717, 1.165) is 15.9 Å². The van der Waals surface area contributed by atoms with E-state index >= 15 is 0 Å². The molecule has 2 aromatic rings. The largest absolute Gasteiger partial charge is 0.292 e. The molecule has 19 heavy (non-hydrogen) atoms. The molecule has 0 saturated heterocycles. The second kappa shape index (κ2) is 5.84. The van der Waals surface area contributed by atoms with Gasteiger partial charge in [0.05, 0.1) is 27.3 Å². The highest BCUT2D eigenvalue weighted by Gasteiger charge is 2.18. The molecule has 6 heteroatoms. The first-order chi connectivity index (χ1) is 9.04. The number of aryl methyl sites for hydroxylation is 2. The van der Waals surface area contributed by atoms with E-state index in [2.05, 4.69) is 26.0 Å². The average Bonchev–Trinajstić information content (AvgIpc) is 2.67. The molecule has 0 aliphatic heterocycles. The van der Waals surface area contributed by atoms with Crippen molar-refractivity contribution >= 4 is 33.3 Å². The van der Waals surface area contributed by atoms with Gasteiger partial charge in [0.25, 0.3) is 0 Å². The summed E-state index contributed by atoms with van der Waals surface area (Å²) >= 11 is 9.46. The Bertz CT molecular complexity index is 624. The van der Waals surface area contributed by atoms with Crippen LogP contribution in [0.2, 0.25) is 5.02 Å². The molecule has 0 N–H and O–H groups in total. The number of carbonyl (C=O) groups is 1. The van der Waals surface area contributed by atoms with Gasteiger partial charge in [-0.15, -0.1) is 0 Å². The van der Waals surface area contributed by atoms with Gasteiger partial charge in [-0.05, 0) is 41.9 Å². The summed E-state index contributed by atoms with van der Waals surface area (Å²) in [7, 11) is 0. The van der Waals surface area contributed by atoms with Crippen LogP contribution < -0.4 is 0 Å². The first-order valence-electron chi connectivity index (χ1n) is 5.90. The zero-order valence-corrected chi connectivity index (χ0v) is 13.0. The zero-order chi connectivity index (χ0) is 14.0. The smallest absolute Gasteiger partial charge is 0.188 e. The number of pyridine rings is 1. The van der Waals surface area contributed by atoms with Crippen LogP contribution in [0, 0.1) is 6.92 Å². The molecule has 2 heterocycles. The molecular formula is C13H13BrClN3O. The van der Waals surface area contributed by atoms with Crippen LogP contribution in [-0.4, -0.2) is 20.5 Å². The predicted molar refractivity (Wildman–Crippen MR) is 77.6 cm³/mol. The Morgan fingerprint density at radius 2 is 2.26 bits per heavy atom. The van der Waals surface area contributed by atoms with Crippen LogP contribution in [0.4, 0.5) is 0 Å². The van der Waals surface area contributed by atoms with Crippen molar-refractivity contribution in [1.29, 1.82) is 0 Å². The Labute approximate surface area is 124 Å². The van der Waals surface area contributed by atoms with Crippen LogP contribution >= 0.6 is 27.5 Å². The van der Waals surface area contributed by atoms with Gasteiger partial charge in [-0.3, -0.25) is 14.5 Å². The Kier molecular flexibility index (Phi) is 4.37. The highest BCUT2D eigenvalue weighted by molar-refractivity contribution is 9.10. The Balaban J connectivity index is 2.32. The van der Waals surface area contributed by atoms with Crippen molar-refractivity contribution in [2.45, 2.75) is 26.8 Å². The fourth-order valence-electron chi connectivity index (χ4n) is 1.86. The lowest BCUT2D eigenvalue weighted by atomic mass is 10.1. The maximum Gasteiger partial charge on any atom is 0.188 e. The normalized spacial score (nSPS) is 10.7. The number of aromatic nitrogens is 3. The van der Waals surface area contributed by atoms with E-state index in [9.17, 15) is 4.79 Å². The molecule has 100 valence electrons. The number of hydrogen-bond acceptors (Lipinski definition) is 3. The second-order valence-corrected chi connectivity index (χ2v) is 5.30. The first kappa shape index (κ1) is 14.2. The van der Waals surface area contributed by atoms with Crippen molar-refractivity contribution in [1.82, 2.24) is 14.8 Å². The number of nitrogens with zero attached hydrogens (tertiary/aromatic N) is 3. The van der Waals surface area contributed by atoms with E-state index in [1.54, 1.807) is 18.3 Å². The molecule has 0 amide bonds. The summed E-state index contributed by atoms with van der Waals surface area (Å²) in [6.45, 7) is 4.60. The molecular weight excluding hydrogens is 330 g/mol. The number of Topliss-reactive ketones (excluding diaryl/α,β-unsaturated/α-hetero) is 1. The van der Waals surface area contributed by atoms with Gasteiger partial charge in [-0.1, -0.05) is 11.6 Å². The Morgan fingerprint density at radius 3 is 2.89 bits per heavy atom. The number of carbonyl (C=O) groups excluding carboxylic acids is 1. The SMILES string of the molecule is CCn1nc(C)c(Br)c1CC(=O)c1ncccc1Cl. The van der Waals surface area contributed by atoms with E-state index in [4.69, 9.17) is 11.6 Å². The lowest BCUT2D eigenvalue weighted by Crippen LogP contribution is -2.11. The number of halogens is 2. The minimum absolute atomic E-state index is 0.110. The fraction of sp³-hybridized carbons (Fsp3) is 0.308. The minimum Gasteiger partial charge on any atom is -0.292 e. The van der Waals surface area contributed by atoms with E-state index in [-0.39, 0.29) is 12.2 Å². The molecule has 0 radical (unpaired) electrons. The molecule has 4 nitrogen and oxygen atoms in total. The molecule has 0 aliphatic rings. The van der Waals surface area contributed by atoms with Crippen molar-refractivity contribution in [3.8, 4) is 0 Å². The average molecular weight is 343 g/mol. The molecule has 0 aliphatic carbocycles. The summed E-state index contributed by atoms with van der Waals surface area (Å²) in [5.74, 6) is -0.110. The lowest BCUT2D eigenvalue weighted by Gasteiger charge is -2.05. The third-order valence-corrected chi connectivity index (χ3v) is 4.14. The molecule has 0 aromatic carbocycles. The summed E-state index contributed by atoms with van der Waals surface area (Å²) in [5.41, 5.74) is 2.03. The molecule has 2 rings (SSSR count). The molecule has 2 aromatic heterocycles. The zero-order valence-electron chi connectivity index (χ0n) is 10.7. The van der Waals surface area contributed by atoms with Crippen molar-refractivity contribution < 1.29 is 4.79 Å². The van der Waals surface area contributed by atoms with Gasteiger partial charge in [0.1, 0.15) is 5.69 Å². The van der Waals surface area contributed by atoms with E-state index in [1.807, 2.05) is 18.5 Å². The first-order valence-corrected chi connectivity index (χ1v) is 7.07. The summed E-state index contributed by atoms with van der Waals surface area (Å²) in [5, 5.41) is 4.74. The van der Waals surface area contributed by atoms with Gasteiger partial charge in [-0.2, -0.15) is 5.10 Å². The monoisotopic (exact) mass is 341 g/mol. The number of ketones is 1. The van der Waals surface area contributed by atoms with Crippen LogP contribution in [0.3, 0.4) is 0 Å². The molecule has 0 spiro atoms. The maximum atomic E-state index is 12.3. The topological polar surface area (TPSA) is 47.8 Å². The molecule has 0 fully saturated rings. The van der Waals surface area contributed by atoms with Gasteiger partial charge >= 0.3 is 0 Å². The molecule has 0 bridgehead atoms. The summed E-state index contributed by atoms with van der Waals surface area (Å²) in [6.07, 6.45) is 1.79. The number of rotatable bonds is 4. The summed E-state index contributed by atoms with van der Waals surface area (Å²) in [4.78, 5) is 16.3. The third-order valence-electron chi connectivity index (χ3n) is 2.80. The van der Waals surface area contributed by atoms with Crippen molar-refractivity contribution in [2.75, 3.05) is 0 Å². The standard InChI is InChI=1S/C13H13BrClN3O/c1-3-18-10(12(14)8(2)17-18)7-11(19)13-9(15)5-4-6-16-13/h4-6H,3,7H2,1-2H3. The minimum atomic E-state index is -0.110. The molecule has 0 saturated carbocycles. The second-order valence-electron chi connectivity index (χ2n) is 4.10. The van der Waals surface area contributed by atoms with Crippen molar-refractivity contribution in [3.05, 3.63) is 44.9 Å². The van der Waals surface area contributed by atoms with E-state index in [1.165, 1.54) is 0 Å². The van der Waals surface area contributed by atoms with Crippen LogP contribution in [0.1, 0.15) is 28.8 Å². The summed E-state index contributed by atoms with van der Waals surface area (Å²) in [6, 6.07) is 3.37.